The van der Waals surface area contributed by atoms with Crippen molar-refractivity contribution in [2.24, 2.45) is 0 Å². The maximum atomic E-state index is 15.1. The van der Waals surface area contributed by atoms with Crippen LogP contribution in [-0.2, 0) is 5.67 Å². The van der Waals surface area contributed by atoms with Crippen molar-refractivity contribution in [3.8, 4) is 17.6 Å². The van der Waals surface area contributed by atoms with Crippen molar-refractivity contribution in [1.29, 1.82) is 5.26 Å². The van der Waals surface area contributed by atoms with Gasteiger partial charge >= 0.3 is 6.18 Å². The highest BCUT2D eigenvalue weighted by Crippen LogP contribution is 2.41. The number of halogens is 6. The molecule has 1 aliphatic rings. The Hall–Kier alpha value is -3.42. The first-order valence-corrected chi connectivity index (χ1v) is 9.19. The zero-order valence-electron chi connectivity index (χ0n) is 16.8. The van der Waals surface area contributed by atoms with Crippen molar-refractivity contribution in [2.75, 3.05) is 20.2 Å². The SMILES string of the molecule is COc1c(C#N)ccc(O[C@@H](C)C(F)(F)F)c1C(=O)N1CC(F)(c2ccc(F)c(F)c2)C1. The number of carbonyl (C=O) groups is 1. The molecule has 1 heterocycles. The fraction of sp³-hybridized carbons (Fsp3) is 0.333. The minimum absolute atomic E-state index is 0.143. The fourth-order valence-corrected chi connectivity index (χ4v) is 3.24. The summed E-state index contributed by atoms with van der Waals surface area (Å²) in [4.78, 5) is 14.0. The number of hydrogen-bond donors (Lipinski definition) is 0. The molecule has 1 atom stereocenters. The number of nitrogens with zero attached hydrogens (tertiary/aromatic N) is 2. The second kappa shape index (κ2) is 8.26. The molecule has 3 rings (SSSR count). The van der Waals surface area contributed by atoms with Crippen LogP contribution in [0.2, 0.25) is 0 Å². The molecule has 0 spiro atoms. The van der Waals surface area contributed by atoms with Gasteiger partial charge in [-0.2, -0.15) is 18.4 Å². The maximum absolute atomic E-state index is 15.1. The summed E-state index contributed by atoms with van der Waals surface area (Å²) in [5.74, 6) is -4.19. The molecule has 0 N–H and O–H groups in total. The van der Waals surface area contributed by atoms with Crippen molar-refractivity contribution in [1.82, 2.24) is 4.90 Å². The van der Waals surface area contributed by atoms with Crippen molar-refractivity contribution in [3.63, 3.8) is 0 Å². The Labute approximate surface area is 178 Å². The first-order chi connectivity index (χ1) is 14.9. The van der Waals surface area contributed by atoms with E-state index in [0.29, 0.717) is 6.07 Å². The molecule has 170 valence electrons. The lowest BCUT2D eigenvalue weighted by Crippen LogP contribution is -2.59. The lowest BCUT2D eigenvalue weighted by Gasteiger charge is -2.45. The van der Waals surface area contributed by atoms with Crippen molar-refractivity contribution in [3.05, 3.63) is 58.7 Å². The molecule has 11 heteroatoms. The van der Waals surface area contributed by atoms with E-state index < -0.39 is 59.9 Å². The summed E-state index contributed by atoms with van der Waals surface area (Å²) in [5, 5.41) is 9.25. The summed E-state index contributed by atoms with van der Waals surface area (Å²) >= 11 is 0. The predicted molar refractivity (Wildman–Crippen MR) is 98.9 cm³/mol. The van der Waals surface area contributed by atoms with Gasteiger partial charge in [0.05, 0.1) is 25.8 Å². The first-order valence-electron chi connectivity index (χ1n) is 9.19. The second-order valence-corrected chi connectivity index (χ2v) is 7.19. The molecule has 0 saturated carbocycles. The number of rotatable bonds is 5. The van der Waals surface area contributed by atoms with Crippen LogP contribution in [0.25, 0.3) is 0 Å². The van der Waals surface area contributed by atoms with E-state index in [4.69, 9.17) is 9.47 Å². The molecular weight excluding hydrogens is 442 g/mol. The van der Waals surface area contributed by atoms with E-state index in [9.17, 15) is 32.0 Å². The molecular formula is C21H16F6N2O3. The Balaban J connectivity index is 1.93. The quantitative estimate of drug-likeness (QED) is 0.620. The molecule has 0 radical (unpaired) electrons. The Morgan fingerprint density at radius 2 is 1.84 bits per heavy atom. The minimum atomic E-state index is -4.74. The Bertz CT molecular complexity index is 1090. The van der Waals surface area contributed by atoms with Crippen molar-refractivity contribution in [2.45, 2.75) is 24.9 Å². The molecule has 5 nitrogen and oxygen atoms in total. The normalized spacial score (nSPS) is 16.0. The Morgan fingerprint density at radius 3 is 2.38 bits per heavy atom. The van der Waals surface area contributed by atoms with Gasteiger partial charge in [0, 0.05) is 0 Å². The summed E-state index contributed by atoms with van der Waals surface area (Å²) in [7, 11) is 1.11. The molecule has 0 aromatic heterocycles. The van der Waals surface area contributed by atoms with E-state index in [1.807, 2.05) is 0 Å². The molecule has 1 saturated heterocycles. The van der Waals surface area contributed by atoms with Gasteiger partial charge in [0.25, 0.3) is 5.91 Å². The third-order valence-electron chi connectivity index (χ3n) is 5.03. The van der Waals surface area contributed by atoms with Gasteiger partial charge in [0.1, 0.15) is 17.4 Å². The number of methoxy groups -OCH3 is 1. The van der Waals surface area contributed by atoms with Gasteiger partial charge < -0.3 is 14.4 Å². The number of likely N-dealkylation sites (tertiary alicyclic amines) is 1. The van der Waals surface area contributed by atoms with Crippen molar-refractivity contribution >= 4 is 5.91 Å². The van der Waals surface area contributed by atoms with Gasteiger partial charge in [0.2, 0.25) is 0 Å². The van der Waals surface area contributed by atoms with Crippen LogP contribution in [0.5, 0.6) is 11.5 Å². The standard InChI is InChI=1S/C21H16F6N2O3/c1-11(21(25,26)27)32-16-6-3-12(8-28)18(31-2)17(16)19(30)29-9-20(24,10-29)13-4-5-14(22)15(23)7-13/h3-7,11H,9-10H2,1-2H3/t11-/m0/s1. The molecule has 1 fully saturated rings. The lowest BCUT2D eigenvalue weighted by molar-refractivity contribution is -0.189. The van der Waals surface area contributed by atoms with E-state index in [0.717, 1.165) is 43.2 Å². The molecule has 2 aromatic rings. The van der Waals surface area contributed by atoms with Crippen LogP contribution in [0.1, 0.15) is 28.4 Å². The predicted octanol–water partition coefficient (Wildman–Crippen LogP) is 4.50. The molecule has 1 aliphatic heterocycles. The number of ether oxygens (including phenoxy) is 2. The van der Waals surface area contributed by atoms with E-state index in [1.165, 1.54) is 0 Å². The highest BCUT2D eigenvalue weighted by atomic mass is 19.4. The summed E-state index contributed by atoms with van der Waals surface area (Å²) in [6, 6.07) is 6.37. The van der Waals surface area contributed by atoms with Crippen LogP contribution in [0.3, 0.4) is 0 Å². The van der Waals surface area contributed by atoms with Gasteiger partial charge in [-0.3, -0.25) is 4.79 Å². The van der Waals surface area contributed by atoms with E-state index >= 15 is 4.39 Å². The van der Waals surface area contributed by atoms with Crippen molar-refractivity contribution < 1.29 is 40.6 Å². The maximum Gasteiger partial charge on any atom is 0.425 e. The largest absolute Gasteiger partial charge is 0.494 e. The van der Waals surface area contributed by atoms with Crippen LogP contribution < -0.4 is 9.47 Å². The third-order valence-corrected chi connectivity index (χ3v) is 5.03. The average Bonchev–Trinajstić information content (AvgIpc) is 2.71. The summed E-state index contributed by atoms with van der Waals surface area (Å²) in [6.07, 6.45) is -7.02. The molecule has 2 aromatic carbocycles. The van der Waals surface area contributed by atoms with Crippen LogP contribution in [0.15, 0.2) is 30.3 Å². The number of carbonyl (C=O) groups excluding carboxylic acids is 1. The zero-order chi connectivity index (χ0) is 23.8. The molecule has 0 aliphatic carbocycles. The monoisotopic (exact) mass is 458 g/mol. The van der Waals surface area contributed by atoms with Crippen LogP contribution in [-0.4, -0.2) is 43.3 Å². The number of amides is 1. The van der Waals surface area contributed by atoms with E-state index in [-0.39, 0.29) is 16.9 Å². The summed E-state index contributed by atoms with van der Waals surface area (Å²) < 4.78 is 90.6. The van der Waals surface area contributed by atoms with Gasteiger partial charge in [-0.15, -0.1) is 0 Å². The Kier molecular flexibility index (Phi) is 6.00. The number of benzene rings is 2. The van der Waals surface area contributed by atoms with Crippen LogP contribution in [0, 0.1) is 23.0 Å². The molecule has 0 unspecified atom stereocenters. The molecule has 0 bridgehead atoms. The topological polar surface area (TPSA) is 62.6 Å². The van der Waals surface area contributed by atoms with Crippen LogP contribution in [0.4, 0.5) is 26.3 Å². The average molecular weight is 458 g/mol. The number of nitriles is 1. The highest BCUT2D eigenvalue weighted by Gasteiger charge is 2.49. The minimum Gasteiger partial charge on any atom is -0.494 e. The summed E-state index contributed by atoms with van der Waals surface area (Å²) in [5.41, 5.74) is -3.00. The van der Waals surface area contributed by atoms with Crippen LogP contribution >= 0.6 is 0 Å². The van der Waals surface area contributed by atoms with Gasteiger partial charge in [0.15, 0.2) is 29.2 Å². The third kappa shape index (κ3) is 4.17. The zero-order valence-corrected chi connectivity index (χ0v) is 16.8. The fourth-order valence-electron chi connectivity index (χ4n) is 3.24. The van der Waals surface area contributed by atoms with Gasteiger partial charge in [-0.25, -0.2) is 13.2 Å². The number of alkyl halides is 4. The highest BCUT2D eigenvalue weighted by molar-refractivity contribution is 6.01. The number of hydrogen-bond acceptors (Lipinski definition) is 4. The molecule has 32 heavy (non-hydrogen) atoms. The summed E-state index contributed by atoms with van der Waals surface area (Å²) in [6.45, 7) is -0.422. The second-order valence-electron chi connectivity index (χ2n) is 7.19. The van der Waals surface area contributed by atoms with E-state index in [2.05, 4.69) is 0 Å². The van der Waals surface area contributed by atoms with Gasteiger partial charge in [-0.1, -0.05) is 6.07 Å². The molecule has 1 amide bonds. The Morgan fingerprint density at radius 1 is 1.19 bits per heavy atom. The smallest absolute Gasteiger partial charge is 0.425 e. The lowest BCUT2D eigenvalue weighted by atomic mass is 9.87. The van der Waals surface area contributed by atoms with E-state index in [1.54, 1.807) is 6.07 Å². The first kappa shape index (κ1) is 23.2. The van der Waals surface area contributed by atoms with Gasteiger partial charge in [-0.05, 0) is 36.8 Å².